The fourth-order valence-electron chi connectivity index (χ4n) is 1.65. The van der Waals surface area contributed by atoms with Crippen LogP contribution in [0.2, 0.25) is 0 Å². The largest absolute Gasteiger partial charge is 0.466 e. The van der Waals surface area contributed by atoms with Gasteiger partial charge in [-0.25, -0.2) is 4.98 Å². The molecule has 1 amide bonds. The minimum absolute atomic E-state index is 0.000284. The van der Waals surface area contributed by atoms with Crippen LogP contribution in [-0.4, -0.2) is 34.3 Å². The normalized spacial score (nSPS) is 14.5. The Balaban J connectivity index is 2.63. The fourth-order valence-corrected chi connectivity index (χ4v) is 3.63. The van der Waals surface area contributed by atoms with Crippen LogP contribution in [0.4, 0.5) is 0 Å². The summed E-state index contributed by atoms with van der Waals surface area (Å²) in [5, 5.41) is 13.5. The smallest absolute Gasteiger partial charge is 0.311 e. The number of nitrogens with zero attached hydrogens (tertiary/aromatic N) is 2. The molecule has 0 aliphatic heterocycles. The summed E-state index contributed by atoms with van der Waals surface area (Å²) in [5.74, 6) is -0.522. The van der Waals surface area contributed by atoms with Crippen LogP contribution in [0.15, 0.2) is 9.72 Å². The highest BCUT2D eigenvalue weighted by molar-refractivity contribution is 8.02. The average Bonchev–Trinajstić information content (AvgIpc) is 2.93. The van der Waals surface area contributed by atoms with Crippen LogP contribution in [-0.2, 0) is 20.7 Å². The summed E-state index contributed by atoms with van der Waals surface area (Å²) in [7, 11) is 0. The van der Waals surface area contributed by atoms with Gasteiger partial charge in [-0.3, -0.25) is 9.59 Å². The van der Waals surface area contributed by atoms with Gasteiger partial charge >= 0.3 is 5.97 Å². The van der Waals surface area contributed by atoms with Gasteiger partial charge in [0.2, 0.25) is 5.91 Å². The first kappa shape index (κ1) is 20.5. The molecule has 2 atom stereocenters. The molecule has 1 aromatic rings. The molecule has 0 unspecified atom stereocenters. The molecule has 0 saturated heterocycles. The number of aromatic nitrogens is 1. The van der Waals surface area contributed by atoms with Crippen LogP contribution in [0, 0.1) is 17.2 Å². The van der Waals surface area contributed by atoms with Crippen molar-refractivity contribution in [2.75, 3.05) is 6.61 Å². The van der Waals surface area contributed by atoms with Crippen molar-refractivity contribution in [3.8, 4) is 6.07 Å². The highest BCUT2D eigenvalue weighted by atomic mass is 32.2. The standard InChI is InChI=1S/C16H23N3O3S2/c1-6-22-13(20)7-12-8-23-15(18-12)24-11(4)14(21)19-16(5,9-17)10(2)3/h8,10-11H,6-7H2,1-5H3,(H,19,21)/t11-,16-/m0/s1. The van der Waals surface area contributed by atoms with Crippen molar-refractivity contribution in [1.29, 1.82) is 5.26 Å². The van der Waals surface area contributed by atoms with Crippen molar-refractivity contribution in [3.63, 3.8) is 0 Å². The Morgan fingerprint density at radius 3 is 2.71 bits per heavy atom. The lowest BCUT2D eigenvalue weighted by Crippen LogP contribution is -2.51. The number of carbonyl (C=O) groups is 2. The third-order valence-electron chi connectivity index (χ3n) is 3.58. The number of rotatable bonds is 8. The second kappa shape index (κ2) is 9.04. The molecule has 132 valence electrons. The van der Waals surface area contributed by atoms with Gasteiger partial charge in [-0.1, -0.05) is 25.6 Å². The first-order valence-electron chi connectivity index (χ1n) is 7.71. The van der Waals surface area contributed by atoms with Crippen LogP contribution in [0.25, 0.3) is 0 Å². The van der Waals surface area contributed by atoms with Crippen LogP contribution in [0.1, 0.15) is 40.3 Å². The number of ether oxygens (including phenoxy) is 1. The number of hydrogen-bond acceptors (Lipinski definition) is 7. The molecule has 0 bridgehead atoms. The van der Waals surface area contributed by atoms with Crippen molar-refractivity contribution in [1.82, 2.24) is 10.3 Å². The molecule has 0 radical (unpaired) electrons. The number of nitriles is 1. The Morgan fingerprint density at radius 2 is 2.17 bits per heavy atom. The second-order valence-electron chi connectivity index (χ2n) is 5.80. The van der Waals surface area contributed by atoms with E-state index in [1.54, 1.807) is 26.2 Å². The molecule has 1 rings (SSSR count). The number of nitrogens with one attached hydrogen (secondary N) is 1. The molecule has 1 N–H and O–H groups in total. The average molecular weight is 370 g/mol. The number of thioether (sulfide) groups is 1. The maximum Gasteiger partial charge on any atom is 0.311 e. The van der Waals surface area contributed by atoms with Gasteiger partial charge in [0.25, 0.3) is 0 Å². The van der Waals surface area contributed by atoms with Crippen LogP contribution in [0.3, 0.4) is 0 Å². The number of amides is 1. The molecular weight excluding hydrogens is 346 g/mol. The first-order valence-corrected chi connectivity index (χ1v) is 9.47. The Bertz CT molecular complexity index is 624. The molecule has 1 aromatic heterocycles. The molecule has 0 aromatic carbocycles. The Labute approximate surface area is 151 Å². The molecule has 0 saturated carbocycles. The summed E-state index contributed by atoms with van der Waals surface area (Å²) < 4.78 is 5.60. The third kappa shape index (κ3) is 5.80. The van der Waals surface area contributed by atoms with Gasteiger partial charge in [-0.05, 0) is 26.7 Å². The predicted octanol–water partition coefficient (Wildman–Crippen LogP) is 2.78. The highest BCUT2D eigenvalue weighted by Crippen LogP contribution is 2.28. The predicted molar refractivity (Wildman–Crippen MR) is 94.8 cm³/mol. The van der Waals surface area contributed by atoms with Gasteiger partial charge in [0.05, 0.1) is 30.0 Å². The van der Waals surface area contributed by atoms with Gasteiger partial charge in [0, 0.05) is 5.38 Å². The first-order chi connectivity index (χ1) is 11.2. The van der Waals surface area contributed by atoms with Gasteiger partial charge in [-0.15, -0.1) is 11.3 Å². The molecule has 0 fully saturated rings. The molecule has 0 aliphatic rings. The molecule has 6 nitrogen and oxygen atoms in total. The molecule has 8 heteroatoms. The van der Waals surface area contributed by atoms with Crippen molar-refractivity contribution in [2.24, 2.45) is 5.92 Å². The van der Waals surface area contributed by atoms with Crippen LogP contribution in [0.5, 0.6) is 0 Å². The number of hydrogen-bond donors (Lipinski definition) is 1. The molecule has 1 heterocycles. The third-order valence-corrected chi connectivity index (χ3v) is 5.70. The van der Waals surface area contributed by atoms with Gasteiger partial charge < -0.3 is 10.1 Å². The van der Waals surface area contributed by atoms with E-state index in [0.717, 1.165) is 0 Å². The van der Waals surface area contributed by atoms with E-state index in [0.29, 0.717) is 16.6 Å². The van der Waals surface area contributed by atoms with Gasteiger partial charge in [0.1, 0.15) is 5.54 Å². The topological polar surface area (TPSA) is 92.1 Å². The molecule has 0 aliphatic carbocycles. The van der Waals surface area contributed by atoms with E-state index >= 15 is 0 Å². The fraction of sp³-hybridized carbons (Fsp3) is 0.625. The summed E-state index contributed by atoms with van der Waals surface area (Å²) in [6.45, 7) is 9.37. The minimum Gasteiger partial charge on any atom is -0.466 e. The summed E-state index contributed by atoms with van der Waals surface area (Å²) in [6, 6.07) is 2.16. The van der Waals surface area contributed by atoms with Crippen molar-refractivity contribution in [3.05, 3.63) is 11.1 Å². The maximum absolute atomic E-state index is 12.3. The Morgan fingerprint density at radius 1 is 1.50 bits per heavy atom. The van der Waals surface area contributed by atoms with E-state index in [1.807, 2.05) is 13.8 Å². The summed E-state index contributed by atoms with van der Waals surface area (Å²) in [6.07, 6.45) is 0.130. The monoisotopic (exact) mass is 369 g/mol. The summed E-state index contributed by atoms with van der Waals surface area (Å²) in [4.78, 5) is 28.1. The Hall–Kier alpha value is -1.59. The second-order valence-corrected chi connectivity index (χ2v) is 8.25. The van der Waals surface area contributed by atoms with Gasteiger partial charge in [0.15, 0.2) is 4.34 Å². The van der Waals surface area contributed by atoms with Crippen molar-refractivity contribution in [2.45, 2.75) is 56.2 Å². The van der Waals surface area contributed by atoms with Crippen molar-refractivity contribution < 1.29 is 14.3 Å². The van der Waals surface area contributed by atoms with E-state index in [9.17, 15) is 14.9 Å². The molecule has 24 heavy (non-hydrogen) atoms. The lowest BCUT2D eigenvalue weighted by molar-refractivity contribution is -0.142. The molecule has 0 spiro atoms. The summed E-state index contributed by atoms with van der Waals surface area (Å²) in [5.41, 5.74) is -0.262. The lowest BCUT2D eigenvalue weighted by atomic mass is 9.90. The number of thiazole rings is 1. The van der Waals surface area contributed by atoms with Crippen LogP contribution >= 0.6 is 23.1 Å². The lowest BCUT2D eigenvalue weighted by Gasteiger charge is -2.28. The minimum atomic E-state index is -0.899. The van der Waals surface area contributed by atoms with E-state index in [4.69, 9.17) is 4.74 Å². The maximum atomic E-state index is 12.3. The van der Waals surface area contributed by atoms with Gasteiger partial charge in [-0.2, -0.15) is 5.26 Å². The van der Waals surface area contributed by atoms with E-state index in [-0.39, 0.29) is 24.2 Å². The summed E-state index contributed by atoms with van der Waals surface area (Å²) >= 11 is 2.69. The van der Waals surface area contributed by atoms with Crippen molar-refractivity contribution >= 4 is 35.0 Å². The van der Waals surface area contributed by atoms with Crippen LogP contribution < -0.4 is 5.32 Å². The zero-order chi connectivity index (χ0) is 18.3. The van der Waals surface area contributed by atoms with E-state index < -0.39 is 10.8 Å². The Kier molecular flexibility index (Phi) is 7.70. The zero-order valence-electron chi connectivity index (χ0n) is 14.6. The number of esters is 1. The van der Waals surface area contributed by atoms with E-state index in [2.05, 4.69) is 16.4 Å². The molecular formula is C16H23N3O3S2. The quantitative estimate of drug-likeness (QED) is 0.559. The SMILES string of the molecule is CCOC(=O)Cc1csc(S[C@@H](C)C(=O)N[C@@](C)(C#N)C(C)C)n1. The zero-order valence-corrected chi connectivity index (χ0v) is 16.2. The van der Waals surface area contributed by atoms with E-state index in [1.165, 1.54) is 23.1 Å². The number of carbonyl (C=O) groups excluding carboxylic acids is 2. The highest BCUT2D eigenvalue weighted by Gasteiger charge is 2.32.